The highest BCUT2D eigenvalue weighted by atomic mass is 79.9. The summed E-state index contributed by atoms with van der Waals surface area (Å²) in [6.45, 7) is 0. The first kappa shape index (κ1) is 22.0. The molecule has 0 unspecified atom stereocenters. The number of pyridine rings is 1. The van der Waals surface area contributed by atoms with Gasteiger partial charge in [0.15, 0.2) is 10.7 Å². The summed E-state index contributed by atoms with van der Waals surface area (Å²) >= 11 is 8.93. The fourth-order valence-electron chi connectivity index (χ4n) is 3.60. The summed E-state index contributed by atoms with van der Waals surface area (Å²) in [7, 11) is 1.52. The van der Waals surface area contributed by atoms with Crippen molar-refractivity contribution in [1.82, 2.24) is 15.3 Å². The van der Waals surface area contributed by atoms with E-state index in [1.54, 1.807) is 36.7 Å². The number of benzene rings is 3. The van der Waals surface area contributed by atoms with E-state index in [4.69, 9.17) is 21.4 Å². The summed E-state index contributed by atoms with van der Waals surface area (Å²) in [5, 5.41) is 7.74. The zero-order chi connectivity index (χ0) is 23.7. The van der Waals surface area contributed by atoms with Crippen LogP contribution in [0, 0.1) is 0 Å². The fourth-order valence-corrected chi connectivity index (χ4v) is 4.55. The second-order valence-corrected chi connectivity index (χ2v) is 8.55. The topological polar surface area (TPSA) is 89.3 Å². The molecule has 0 atom stereocenters. The molecule has 5 aromatic rings. The third-order valence-electron chi connectivity index (χ3n) is 5.17. The number of halogens is 1. The Balaban J connectivity index is 1.35. The van der Waals surface area contributed by atoms with Crippen molar-refractivity contribution in [3.63, 3.8) is 0 Å². The normalized spacial score (nSPS) is 10.9. The number of oxazole rings is 1. The van der Waals surface area contributed by atoms with Gasteiger partial charge in [-0.25, -0.2) is 4.98 Å². The van der Waals surface area contributed by atoms with E-state index in [1.165, 1.54) is 7.11 Å². The Hall–Kier alpha value is -3.82. The molecule has 0 saturated carbocycles. The molecule has 2 aromatic heterocycles. The molecule has 0 saturated heterocycles. The summed E-state index contributed by atoms with van der Waals surface area (Å²) in [5.41, 5.74) is 3.09. The van der Waals surface area contributed by atoms with Crippen LogP contribution >= 0.6 is 28.1 Å². The number of thiocarbonyl (C=S) groups is 1. The van der Waals surface area contributed by atoms with Crippen LogP contribution in [-0.2, 0) is 0 Å². The molecular weight excluding hydrogens is 516 g/mol. The maximum Gasteiger partial charge on any atom is 0.261 e. The molecule has 0 bridgehead atoms. The molecule has 34 heavy (non-hydrogen) atoms. The van der Waals surface area contributed by atoms with E-state index in [-0.39, 0.29) is 11.0 Å². The number of hydrogen-bond acceptors (Lipinski definition) is 6. The van der Waals surface area contributed by atoms with Crippen LogP contribution in [0.1, 0.15) is 10.4 Å². The molecule has 0 aliphatic heterocycles. The van der Waals surface area contributed by atoms with Crippen molar-refractivity contribution in [2.75, 3.05) is 12.4 Å². The molecule has 5 rings (SSSR count). The number of hydrogen-bond donors (Lipinski definition) is 2. The van der Waals surface area contributed by atoms with Crippen molar-refractivity contribution in [1.29, 1.82) is 0 Å². The molecule has 3 aromatic carbocycles. The van der Waals surface area contributed by atoms with Gasteiger partial charge in [-0.3, -0.25) is 15.1 Å². The third kappa shape index (κ3) is 4.23. The van der Waals surface area contributed by atoms with Gasteiger partial charge >= 0.3 is 0 Å². The first-order chi connectivity index (χ1) is 16.5. The van der Waals surface area contributed by atoms with Gasteiger partial charge in [0.1, 0.15) is 11.3 Å². The Morgan fingerprint density at radius 3 is 2.76 bits per heavy atom. The Bertz CT molecular complexity index is 1550. The zero-order valence-electron chi connectivity index (χ0n) is 17.8. The van der Waals surface area contributed by atoms with Crippen molar-refractivity contribution < 1.29 is 13.9 Å². The Kier molecular flexibility index (Phi) is 5.95. The second-order valence-electron chi connectivity index (χ2n) is 7.34. The first-order valence-electron chi connectivity index (χ1n) is 10.2. The predicted molar refractivity (Wildman–Crippen MR) is 139 cm³/mol. The van der Waals surface area contributed by atoms with Crippen LogP contribution in [0.15, 0.2) is 81.9 Å². The highest BCUT2D eigenvalue weighted by Gasteiger charge is 2.19. The Labute approximate surface area is 208 Å². The van der Waals surface area contributed by atoms with Gasteiger partial charge in [0.2, 0.25) is 5.89 Å². The van der Waals surface area contributed by atoms with Crippen LogP contribution in [0.5, 0.6) is 5.75 Å². The smallest absolute Gasteiger partial charge is 0.261 e. The van der Waals surface area contributed by atoms with Gasteiger partial charge in [0, 0.05) is 18.1 Å². The molecule has 2 heterocycles. The first-order valence-corrected chi connectivity index (χ1v) is 11.4. The molecule has 0 radical (unpaired) electrons. The van der Waals surface area contributed by atoms with Crippen LogP contribution in [-0.4, -0.2) is 28.1 Å². The zero-order valence-corrected chi connectivity index (χ0v) is 20.2. The quantitative estimate of drug-likeness (QED) is 0.277. The highest BCUT2D eigenvalue weighted by Crippen LogP contribution is 2.36. The number of methoxy groups -OCH3 is 1. The van der Waals surface area contributed by atoms with E-state index in [0.29, 0.717) is 38.5 Å². The lowest BCUT2D eigenvalue weighted by Gasteiger charge is -2.14. The number of carbonyl (C=O) groups is 1. The van der Waals surface area contributed by atoms with Gasteiger partial charge in [-0.2, -0.15) is 0 Å². The number of carbonyl (C=O) groups excluding carboxylic acids is 1. The van der Waals surface area contributed by atoms with E-state index >= 15 is 0 Å². The van der Waals surface area contributed by atoms with Gasteiger partial charge < -0.3 is 14.5 Å². The average molecular weight is 533 g/mol. The second kappa shape index (κ2) is 9.20. The lowest BCUT2D eigenvalue weighted by Crippen LogP contribution is -2.34. The van der Waals surface area contributed by atoms with Crippen LogP contribution in [0.25, 0.3) is 33.3 Å². The average Bonchev–Trinajstić information content (AvgIpc) is 3.28. The van der Waals surface area contributed by atoms with E-state index in [1.807, 2.05) is 36.4 Å². The maximum absolute atomic E-state index is 13.0. The van der Waals surface area contributed by atoms with Crippen molar-refractivity contribution in [3.05, 3.63) is 83.1 Å². The minimum Gasteiger partial charge on any atom is -0.495 e. The number of ether oxygens (including phenoxy) is 1. The molecule has 2 N–H and O–H groups in total. The van der Waals surface area contributed by atoms with E-state index in [0.717, 1.165) is 16.3 Å². The number of fused-ring (bicyclic) bond motifs is 2. The summed E-state index contributed by atoms with van der Waals surface area (Å²) in [5.74, 6) is 0.526. The minimum atomic E-state index is -0.387. The molecule has 1 amide bonds. The lowest BCUT2D eigenvalue weighted by atomic mass is 10.1. The van der Waals surface area contributed by atoms with Crippen LogP contribution in [0.4, 0.5) is 5.69 Å². The van der Waals surface area contributed by atoms with Crippen molar-refractivity contribution in [2.24, 2.45) is 0 Å². The van der Waals surface area contributed by atoms with Gasteiger partial charge in [-0.15, -0.1) is 0 Å². The third-order valence-corrected chi connectivity index (χ3v) is 6.16. The summed E-state index contributed by atoms with van der Waals surface area (Å²) in [6, 6.07) is 18.6. The van der Waals surface area contributed by atoms with Crippen LogP contribution in [0.3, 0.4) is 0 Å². The molecule has 9 heteroatoms. The van der Waals surface area contributed by atoms with Crippen molar-refractivity contribution >= 4 is 66.7 Å². The van der Waals surface area contributed by atoms with Gasteiger partial charge in [-0.1, -0.05) is 24.3 Å². The molecule has 0 fully saturated rings. The molecule has 0 spiro atoms. The fraction of sp³-hybridized carbons (Fsp3) is 0.0400. The van der Waals surface area contributed by atoms with Gasteiger partial charge in [0.25, 0.3) is 5.91 Å². The van der Waals surface area contributed by atoms with Gasteiger partial charge in [-0.05, 0) is 75.3 Å². The van der Waals surface area contributed by atoms with Crippen LogP contribution in [0.2, 0.25) is 0 Å². The Morgan fingerprint density at radius 1 is 1.12 bits per heavy atom. The number of amides is 1. The molecule has 168 valence electrons. The lowest BCUT2D eigenvalue weighted by molar-refractivity contribution is 0.0975. The monoisotopic (exact) mass is 532 g/mol. The van der Waals surface area contributed by atoms with E-state index in [2.05, 4.69) is 36.5 Å². The predicted octanol–water partition coefficient (Wildman–Crippen LogP) is 5.94. The number of anilines is 1. The Morgan fingerprint density at radius 2 is 1.97 bits per heavy atom. The number of nitrogens with zero attached hydrogens (tertiary/aromatic N) is 2. The van der Waals surface area contributed by atoms with Gasteiger partial charge in [0.05, 0.1) is 22.7 Å². The van der Waals surface area contributed by atoms with Crippen LogP contribution < -0.4 is 15.4 Å². The maximum atomic E-state index is 13.0. The summed E-state index contributed by atoms with van der Waals surface area (Å²) in [6.07, 6.45) is 3.38. The summed E-state index contributed by atoms with van der Waals surface area (Å²) < 4.78 is 12.0. The number of nitrogens with one attached hydrogen (secondary N) is 2. The molecular formula is C25H17BrN4O3S. The van der Waals surface area contributed by atoms with Crippen molar-refractivity contribution in [2.45, 2.75) is 0 Å². The largest absolute Gasteiger partial charge is 0.495 e. The number of rotatable bonds is 4. The standard InChI is InChI=1S/C25H17BrN4O3S/c1-32-22-18(11-14-5-2-3-7-17(14)21(22)26)23(31)30-25(34)28-16-8-9-20-19(12-16)29-24(33-20)15-6-4-10-27-13-15/h2-13H,1H3,(H2,28,30,31,34). The van der Waals surface area contributed by atoms with E-state index in [9.17, 15) is 4.79 Å². The van der Waals surface area contributed by atoms with Crippen molar-refractivity contribution in [3.8, 4) is 17.2 Å². The van der Waals surface area contributed by atoms with E-state index < -0.39 is 0 Å². The summed E-state index contributed by atoms with van der Waals surface area (Å²) in [4.78, 5) is 21.6. The number of aromatic nitrogens is 2. The highest BCUT2D eigenvalue weighted by molar-refractivity contribution is 9.10. The molecule has 0 aliphatic rings. The minimum absolute atomic E-state index is 0.145. The molecule has 7 nitrogen and oxygen atoms in total. The SMILES string of the molecule is COc1c(C(=O)NC(=S)Nc2ccc3oc(-c4cccnc4)nc3c2)cc2ccccc2c1Br. The molecule has 0 aliphatic carbocycles.